The molecule has 0 saturated heterocycles. The first-order valence-electron chi connectivity index (χ1n) is 5.92. The SMILES string of the molecule is CCC(=O)COc1c(Cl)cc(Cl)c2ccc(C)nc12. The summed E-state index contributed by atoms with van der Waals surface area (Å²) in [6.07, 6.45) is 0.426. The summed E-state index contributed by atoms with van der Waals surface area (Å²) in [6.45, 7) is 3.65. The van der Waals surface area contributed by atoms with Gasteiger partial charge >= 0.3 is 0 Å². The van der Waals surface area contributed by atoms with Crippen LogP contribution in [0.2, 0.25) is 10.0 Å². The Bertz CT molecular complexity index is 641. The predicted molar refractivity (Wildman–Crippen MR) is 77.3 cm³/mol. The maximum absolute atomic E-state index is 11.4. The molecule has 0 aliphatic rings. The maximum atomic E-state index is 11.4. The number of nitrogens with zero attached hydrogens (tertiary/aromatic N) is 1. The minimum Gasteiger partial charge on any atom is -0.482 e. The highest BCUT2D eigenvalue weighted by Gasteiger charge is 2.14. The zero-order valence-corrected chi connectivity index (χ0v) is 12.2. The number of ketones is 1. The molecule has 0 aliphatic heterocycles. The lowest BCUT2D eigenvalue weighted by molar-refractivity contribution is -0.120. The predicted octanol–water partition coefficient (Wildman–Crippen LogP) is 4.21. The van der Waals surface area contributed by atoms with Crippen LogP contribution < -0.4 is 4.74 Å². The summed E-state index contributed by atoms with van der Waals surface area (Å²) in [5.74, 6) is 0.415. The number of hydrogen-bond donors (Lipinski definition) is 0. The molecule has 19 heavy (non-hydrogen) atoms. The Labute approximate surface area is 121 Å². The van der Waals surface area contributed by atoms with Gasteiger partial charge in [-0.2, -0.15) is 0 Å². The fourth-order valence-corrected chi connectivity index (χ4v) is 2.25. The van der Waals surface area contributed by atoms with Crippen LogP contribution in [0.15, 0.2) is 18.2 Å². The Balaban J connectivity index is 2.52. The molecule has 5 heteroatoms. The van der Waals surface area contributed by atoms with Gasteiger partial charge in [0.2, 0.25) is 0 Å². The summed E-state index contributed by atoms with van der Waals surface area (Å²) in [5.41, 5.74) is 1.42. The van der Waals surface area contributed by atoms with Crippen molar-refractivity contribution in [3.8, 4) is 5.75 Å². The number of benzene rings is 1. The molecule has 1 aromatic heterocycles. The first-order valence-corrected chi connectivity index (χ1v) is 6.68. The van der Waals surface area contributed by atoms with Crippen molar-refractivity contribution in [1.29, 1.82) is 0 Å². The van der Waals surface area contributed by atoms with Crippen molar-refractivity contribution in [2.75, 3.05) is 6.61 Å². The summed E-state index contributed by atoms with van der Waals surface area (Å²) in [4.78, 5) is 15.7. The number of pyridine rings is 1. The summed E-state index contributed by atoms with van der Waals surface area (Å²) in [6, 6.07) is 5.34. The van der Waals surface area contributed by atoms with Crippen molar-refractivity contribution in [2.24, 2.45) is 0 Å². The van der Waals surface area contributed by atoms with Crippen LogP contribution in [0.4, 0.5) is 0 Å². The molecule has 1 heterocycles. The van der Waals surface area contributed by atoms with Gasteiger partial charge in [0.05, 0.1) is 10.0 Å². The number of hydrogen-bond acceptors (Lipinski definition) is 3. The first kappa shape index (κ1) is 14.1. The van der Waals surface area contributed by atoms with Gasteiger partial charge in [-0.3, -0.25) is 4.79 Å². The van der Waals surface area contributed by atoms with Gasteiger partial charge in [-0.05, 0) is 25.1 Å². The second-order valence-corrected chi connectivity index (χ2v) is 5.01. The number of carbonyl (C=O) groups is 1. The molecule has 1 aromatic carbocycles. The van der Waals surface area contributed by atoms with E-state index in [4.69, 9.17) is 27.9 Å². The van der Waals surface area contributed by atoms with E-state index >= 15 is 0 Å². The van der Waals surface area contributed by atoms with Crippen LogP contribution in [-0.2, 0) is 4.79 Å². The molecule has 100 valence electrons. The lowest BCUT2D eigenvalue weighted by atomic mass is 10.2. The van der Waals surface area contributed by atoms with Crippen LogP contribution in [0.5, 0.6) is 5.75 Å². The van der Waals surface area contributed by atoms with Crippen LogP contribution in [0.3, 0.4) is 0 Å². The number of halogens is 2. The third-order valence-corrected chi connectivity index (χ3v) is 3.34. The molecule has 0 N–H and O–H groups in total. The molecule has 2 rings (SSSR count). The zero-order chi connectivity index (χ0) is 14.0. The number of Topliss-reactive ketones (excluding diaryl/α,β-unsaturated/α-hetero) is 1. The van der Waals surface area contributed by atoms with E-state index in [2.05, 4.69) is 4.98 Å². The van der Waals surface area contributed by atoms with Crippen LogP contribution >= 0.6 is 23.2 Å². The van der Waals surface area contributed by atoms with Crippen LogP contribution in [0.1, 0.15) is 19.0 Å². The van der Waals surface area contributed by atoms with Gasteiger partial charge < -0.3 is 4.74 Å². The highest BCUT2D eigenvalue weighted by molar-refractivity contribution is 6.39. The smallest absolute Gasteiger partial charge is 0.169 e. The third kappa shape index (κ3) is 2.99. The fourth-order valence-electron chi connectivity index (χ4n) is 1.68. The Morgan fingerprint density at radius 1 is 1.32 bits per heavy atom. The Morgan fingerprint density at radius 2 is 2.05 bits per heavy atom. The molecular weight excluding hydrogens is 285 g/mol. The standard InChI is InChI=1S/C14H13Cl2NO2/c1-3-9(18)7-19-14-12(16)6-11(15)10-5-4-8(2)17-13(10)14/h4-6H,3,7H2,1-2H3. The molecule has 0 aliphatic carbocycles. The maximum Gasteiger partial charge on any atom is 0.169 e. The zero-order valence-electron chi connectivity index (χ0n) is 10.7. The van der Waals surface area contributed by atoms with Gasteiger partial charge in [-0.1, -0.05) is 30.1 Å². The molecule has 3 nitrogen and oxygen atoms in total. The number of aryl methyl sites for hydroxylation is 1. The summed E-state index contributed by atoms with van der Waals surface area (Å²) < 4.78 is 5.51. The van der Waals surface area contributed by atoms with E-state index in [1.807, 2.05) is 19.1 Å². The van der Waals surface area contributed by atoms with Gasteiger partial charge in [-0.25, -0.2) is 4.98 Å². The largest absolute Gasteiger partial charge is 0.482 e. The third-order valence-electron chi connectivity index (χ3n) is 2.75. The van der Waals surface area contributed by atoms with E-state index in [9.17, 15) is 4.79 Å². The first-order chi connectivity index (χ1) is 9.02. The van der Waals surface area contributed by atoms with Gasteiger partial charge in [0.1, 0.15) is 12.1 Å². The molecule has 0 radical (unpaired) electrons. The minimum absolute atomic E-state index is 0.00631. The second kappa shape index (κ2) is 5.76. The molecule has 0 unspecified atom stereocenters. The average molecular weight is 298 g/mol. The van der Waals surface area contributed by atoms with Gasteiger partial charge in [0, 0.05) is 17.5 Å². The van der Waals surface area contributed by atoms with E-state index in [-0.39, 0.29) is 12.4 Å². The number of aromatic nitrogens is 1. The molecular formula is C14H13Cl2NO2. The van der Waals surface area contributed by atoms with Crippen molar-refractivity contribution in [3.63, 3.8) is 0 Å². The lowest BCUT2D eigenvalue weighted by Crippen LogP contribution is -2.10. The highest BCUT2D eigenvalue weighted by Crippen LogP contribution is 2.37. The Morgan fingerprint density at radius 3 is 2.74 bits per heavy atom. The molecule has 2 aromatic rings. The van der Waals surface area contributed by atoms with E-state index in [0.29, 0.717) is 27.7 Å². The van der Waals surface area contributed by atoms with E-state index < -0.39 is 0 Å². The second-order valence-electron chi connectivity index (χ2n) is 4.20. The summed E-state index contributed by atoms with van der Waals surface area (Å²) in [7, 11) is 0. The van der Waals surface area contributed by atoms with Gasteiger partial charge in [0.15, 0.2) is 11.5 Å². The number of carbonyl (C=O) groups excluding carboxylic acids is 1. The molecule has 0 atom stereocenters. The molecule has 0 fully saturated rings. The van der Waals surface area contributed by atoms with Crippen molar-refractivity contribution >= 4 is 39.9 Å². The van der Waals surface area contributed by atoms with Crippen molar-refractivity contribution < 1.29 is 9.53 Å². The number of ether oxygens (including phenoxy) is 1. The Hall–Kier alpha value is -1.32. The van der Waals surface area contributed by atoms with Crippen molar-refractivity contribution in [1.82, 2.24) is 4.98 Å². The molecule has 0 spiro atoms. The summed E-state index contributed by atoms with van der Waals surface area (Å²) >= 11 is 12.3. The molecule has 0 saturated carbocycles. The van der Waals surface area contributed by atoms with Crippen LogP contribution in [0.25, 0.3) is 10.9 Å². The highest BCUT2D eigenvalue weighted by atomic mass is 35.5. The van der Waals surface area contributed by atoms with E-state index in [0.717, 1.165) is 11.1 Å². The summed E-state index contributed by atoms with van der Waals surface area (Å²) in [5, 5.41) is 1.64. The van der Waals surface area contributed by atoms with Gasteiger partial charge in [-0.15, -0.1) is 0 Å². The van der Waals surface area contributed by atoms with E-state index in [1.54, 1.807) is 13.0 Å². The van der Waals surface area contributed by atoms with E-state index in [1.165, 1.54) is 0 Å². The monoisotopic (exact) mass is 297 g/mol. The quantitative estimate of drug-likeness (QED) is 0.849. The normalized spacial score (nSPS) is 10.7. The molecule has 0 amide bonds. The van der Waals surface area contributed by atoms with Crippen LogP contribution in [0, 0.1) is 6.92 Å². The minimum atomic E-state index is -0.0113. The topological polar surface area (TPSA) is 39.2 Å². The van der Waals surface area contributed by atoms with Crippen molar-refractivity contribution in [3.05, 3.63) is 33.9 Å². The number of rotatable bonds is 4. The van der Waals surface area contributed by atoms with Gasteiger partial charge in [0.25, 0.3) is 0 Å². The fraction of sp³-hybridized carbons (Fsp3) is 0.286. The average Bonchev–Trinajstić information content (AvgIpc) is 2.37. The lowest BCUT2D eigenvalue weighted by Gasteiger charge is -2.11. The number of fused-ring (bicyclic) bond motifs is 1. The Kier molecular flexibility index (Phi) is 4.27. The van der Waals surface area contributed by atoms with Crippen LogP contribution in [-0.4, -0.2) is 17.4 Å². The molecule has 0 bridgehead atoms. The van der Waals surface area contributed by atoms with Crippen molar-refractivity contribution in [2.45, 2.75) is 20.3 Å².